The lowest BCUT2D eigenvalue weighted by Gasteiger charge is -2.33. The van der Waals surface area contributed by atoms with Crippen LogP contribution < -0.4 is 9.47 Å². The SMILES string of the molecule is COc1ccc(CN2CCC[C@@H](c3nc(C)ncc3-c3ccc(F)cc3)C2)c(Cl)c1OC. The second kappa shape index (κ2) is 9.84. The topological polar surface area (TPSA) is 47.5 Å². The molecule has 32 heavy (non-hydrogen) atoms. The standard InChI is InChI=1S/C25H27ClFN3O2/c1-16-28-13-21(17-6-9-20(27)10-7-17)24(29-16)19-5-4-12-30(15-19)14-18-8-11-22(31-2)25(32-3)23(18)26/h6-11,13,19H,4-5,12,14-15H2,1-3H3/t19-/m1/s1. The van der Waals surface area contributed by atoms with Crippen LogP contribution in [0.3, 0.4) is 0 Å². The van der Waals surface area contributed by atoms with Crippen molar-refractivity contribution in [1.82, 2.24) is 14.9 Å². The molecular weight excluding hydrogens is 429 g/mol. The van der Waals surface area contributed by atoms with Crippen molar-refractivity contribution in [3.8, 4) is 22.6 Å². The summed E-state index contributed by atoms with van der Waals surface area (Å²) in [4.78, 5) is 11.6. The van der Waals surface area contributed by atoms with Crippen molar-refractivity contribution in [2.24, 2.45) is 0 Å². The maximum absolute atomic E-state index is 13.4. The lowest BCUT2D eigenvalue weighted by Crippen LogP contribution is -2.34. The predicted octanol–water partition coefficient (Wildman–Crippen LogP) is 5.64. The van der Waals surface area contributed by atoms with Gasteiger partial charge in [0.15, 0.2) is 11.5 Å². The van der Waals surface area contributed by atoms with Crippen molar-refractivity contribution >= 4 is 11.6 Å². The average Bonchev–Trinajstić information content (AvgIpc) is 2.81. The maximum Gasteiger partial charge on any atom is 0.179 e. The molecule has 0 radical (unpaired) electrons. The number of ether oxygens (including phenoxy) is 2. The molecule has 1 atom stereocenters. The van der Waals surface area contributed by atoms with Gasteiger partial charge >= 0.3 is 0 Å². The van der Waals surface area contributed by atoms with Gasteiger partial charge in [0.05, 0.1) is 24.9 Å². The summed E-state index contributed by atoms with van der Waals surface area (Å²) >= 11 is 6.62. The fourth-order valence-corrected chi connectivity index (χ4v) is 4.66. The van der Waals surface area contributed by atoms with E-state index in [-0.39, 0.29) is 11.7 Å². The third-order valence-electron chi connectivity index (χ3n) is 5.95. The smallest absolute Gasteiger partial charge is 0.179 e. The largest absolute Gasteiger partial charge is 0.493 e. The van der Waals surface area contributed by atoms with Gasteiger partial charge in [-0.3, -0.25) is 4.90 Å². The van der Waals surface area contributed by atoms with Crippen LogP contribution in [0.15, 0.2) is 42.6 Å². The molecule has 1 saturated heterocycles. The molecule has 0 unspecified atom stereocenters. The van der Waals surface area contributed by atoms with Crippen LogP contribution in [0.5, 0.6) is 11.5 Å². The Kier molecular flexibility index (Phi) is 6.92. The normalized spacial score (nSPS) is 16.7. The van der Waals surface area contributed by atoms with Crippen LogP contribution in [-0.2, 0) is 6.54 Å². The first-order valence-corrected chi connectivity index (χ1v) is 11.1. The van der Waals surface area contributed by atoms with E-state index >= 15 is 0 Å². The Hall–Kier alpha value is -2.70. The average molecular weight is 456 g/mol. The van der Waals surface area contributed by atoms with Gasteiger partial charge in [0.1, 0.15) is 11.6 Å². The highest BCUT2D eigenvalue weighted by Gasteiger charge is 2.26. The van der Waals surface area contributed by atoms with Crippen molar-refractivity contribution in [2.75, 3.05) is 27.3 Å². The van der Waals surface area contributed by atoms with Gasteiger partial charge in [-0.15, -0.1) is 0 Å². The first-order valence-electron chi connectivity index (χ1n) is 10.7. The minimum Gasteiger partial charge on any atom is -0.493 e. The highest BCUT2D eigenvalue weighted by molar-refractivity contribution is 6.33. The summed E-state index contributed by atoms with van der Waals surface area (Å²) in [6.07, 6.45) is 3.96. The summed E-state index contributed by atoms with van der Waals surface area (Å²) in [7, 11) is 3.20. The summed E-state index contributed by atoms with van der Waals surface area (Å²) in [6.45, 7) is 4.46. The summed E-state index contributed by atoms with van der Waals surface area (Å²) < 4.78 is 24.3. The first kappa shape index (κ1) is 22.5. The zero-order valence-corrected chi connectivity index (χ0v) is 19.3. The predicted molar refractivity (Wildman–Crippen MR) is 124 cm³/mol. The molecule has 168 valence electrons. The lowest BCUT2D eigenvalue weighted by molar-refractivity contribution is 0.198. The van der Waals surface area contributed by atoms with Gasteiger partial charge in [-0.1, -0.05) is 29.8 Å². The van der Waals surface area contributed by atoms with Gasteiger partial charge in [-0.25, -0.2) is 14.4 Å². The molecule has 2 heterocycles. The van der Waals surface area contributed by atoms with Gasteiger partial charge in [0, 0.05) is 30.8 Å². The van der Waals surface area contributed by atoms with Crippen LogP contribution in [0, 0.1) is 12.7 Å². The summed E-state index contributed by atoms with van der Waals surface area (Å²) in [5, 5.41) is 0.582. The van der Waals surface area contributed by atoms with Crippen LogP contribution >= 0.6 is 11.6 Å². The molecule has 1 aromatic heterocycles. The summed E-state index contributed by atoms with van der Waals surface area (Å²) in [5.74, 6) is 1.93. The van der Waals surface area contributed by atoms with Crippen molar-refractivity contribution in [2.45, 2.75) is 32.2 Å². The van der Waals surface area contributed by atoms with Gasteiger partial charge in [0.2, 0.25) is 0 Å². The number of halogens is 2. The quantitative estimate of drug-likeness (QED) is 0.481. The van der Waals surface area contributed by atoms with Crippen LogP contribution in [0.1, 0.15) is 35.8 Å². The molecule has 2 aromatic carbocycles. The van der Waals surface area contributed by atoms with Crippen molar-refractivity contribution in [3.05, 3.63) is 70.5 Å². The van der Waals surface area contributed by atoms with E-state index in [4.69, 9.17) is 26.1 Å². The second-order valence-corrected chi connectivity index (χ2v) is 8.45. The monoisotopic (exact) mass is 455 g/mol. The zero-order chi connectivity index (χ0) is 22.7. The molecule has 0 aliphatic carbocycles. The minimum atomic E-state index is -0.251. The molecule has 1 fully saturated rings. The molecule has 0 amide bonds. The number of rotatable bonds is 6. The van der Waals surface area contributed by atoms with Gasteiger partial charge in [-0.2, -0.15) is 0 Å². The van der Waals surface area contributed by atoms with Crippen LogP contribution in [0.25, 0.3) is 11.1 Å². The number of hydrogen-bond donors (Lipinski definition) is 0. The number of benzene rings is 2. The summed E-state index contributed by atoms with van der Waals surface area (Å²) in [6, 6.07) is 10.4. The summed E-state index contributed by atoms with van der Waals surface area (Å²) in [5.41, 5.74) is 3.92. The molecule has 7 heteroatoms. The van der Waals surface area contributed by atoms with Crippen molar-refractivity contribution < 1.29 is 13.9 Å². The number of nitrogens with zero attached hydrogens (tertiary/aromatic N) is 3. The van der Waals surface area contributed by atoms with E-state index < -0.39 is 0 Å². The Morgan fingerprint density at radius 1 is 1.12 bits per heavy atom. The van der Waals surface area contributed by atoms with Crippen molar-refractivity contribution in [1.29, 1.82) is 0 Å². The molecule has 0 bridgehead atoms. The van der Waals surface area contributed by atoms with Gasteiger partial charge < -0.3 is 9.47 Å². The van der Waals surface area contributed by atoms with Gasteiger partial charge in [0.25, 0.3) is 0 Å². The van der Waals surface area contributed by atoms with Crippen molar-refractivity contribution in [3.63, 3.8) is 0 Å². The fourth-order valence-electron chi connectivity index (χ4n) is 4.37. The van der Waals surface area contributed by atoms with E-state index in [1.807, 2.05) is 25.3 Å². The number of methoxy groups -OCH3 is 2. The lowest BCUT2D eigenvalue weighted by atomic mass is 9.89. The molecule has 0 spiro atoms. The Morgan fingerprint density at radius 2 is 1.91 bits per heavy atom. The van der Waals surface area contributed by atoms with Gasteiger partial charge in [-0.05, 0) is 55.6 Å². The molecule has 0 N–H and O–H groups in total. The Balaban J connectivity index is 1.59. The zero-order valence-electron chi connectivity index (χ0n) is 18.6. The molecule has 5 nitrogen and oxygen atoms in total. The fraction of sp³-hybridized carbons (Fsp3) is 0.360. The number of piperidine rings is 1. The Morgan fingerprint density at radius 3 is 2.62 bits per heavy atom. The van der Waals surface area contributed by atoms with Crippen LogP contribution in [0.2, 0.25) is 5.02 Å². The van der Waals surface area contributed by atoms with E-state index in [2.05, 4.69) is 9.88 Å². The van der Waals surface area contributed by atoms with E-state index in [1.165, 1.54) is 12.1 Å². The molecule has 1 aliphatic rings. The molecular formula is C25H27ClFN3O2. The minimum absolute atomic E-state index is 0.251. The first-order chi connectivity index (χ1) is 15.5. The highest BCUT2D eigenvalue weighted by atomic mass is 35.5. The highest BCUT2D eigenvalue weighted by Crippen LogP contribution is 2.39. The number of aromatic nitrogens is 2. The second-order valence-electron chi connectivity index (χ2n) is 8.07. The van der Waals surface area contributed by atoms with E-state index in [1.54, 1.807) is 26.4 Å². The van der Waals surface area contributed by atoms with Crippen LogP contribution in [-0.4, -0.2) is 42.2 Å². The number of hydrogen-bond acceptors (Lipinski definition) is 5. The molecule has 1 aliphatic heterocycles. The Labute approximate surface area is 193 Å². The third-order valence-corrected chi connectivity index (χ3v) is 6.36. The number of likely N-dealkylation sites (tertiary alicyclic amines) is 1. The maximum atomic E-state index is 13.4. The van der Waals surface area contributed by atoms with E-state index in [9.17, 15) is 4.39 Å². The molecule has 4 rings (SSSR count). The molecule has 3 aromatic rings. The van der Waals surface area contributed by atoms with Crippen LogP contribution in [0.4, 0.5) is 4.39 Å². The molecule has 0 saturated carbocycles. The Bertz CT molecular complexity index is 1090. The third kappa shape index (κ3) is 4.71. The van der Waals surface area contributed by atoms with E-state index in [0.717, 1.165) is 54.1 Å². The number of aryl methyl sites for hydroxylation is 1. The van der Waals surface area contributed by atoms with E-state index in [0.29, 0.717) is 23.1 Å².